The third kappa shape index (κ3) is 1.48. The van der Waals surface area contributed by atoms with Gasteiger partial charge in [0.25, 0.3) is 0 Å². The number of H-pyrrole nitrogens is 1. The van der Waals surface area contributed by atoms with Crippen LogP contribution in [0.5, 0.6) is 0 Å². The van der Waals surface area contributed by atoms with Gasteiger partial charge in [0.2, 0.25) is 0 Å². The van der Waals surface area contributed by atoms with E-state index in [9.17, 15) is 4.79 Å². The first kappa shape index (κ1) is 10.0. The van der Waals surface area contributed by atoms with Crippen LogP contribution in [-0.2, 0) is 5.54 Å². The van der Waals surface area contributed by atoms with Crippen molar-refractivity contribution in [3.8, 4) is 0 Å². The van der Waals surface area contributed by atoms with Crippen LogP contribution >= 0.6 is 0 Å². The van der Waals surface area contributed by atoms with E-state index in [1.54, 1.807) is 0 Å². The SMILES string of the molecule is Cc1cccc2[nH]c(=O)n(C(C)(C)C)c12. The number of imidazole rings is 1. The molecule has 0 bridgehead atoms. The Balaban J connectivity index is 2.96. The van der Waals surface area contributed by atoms with E-state index >= 15 is 0 Å². The first-order valence-electron chi connectivity index (χ1n) is 5.12. The van der Waals surface area contributed by atoms with Gasteiger partial charge in [0, 0.05) is 5.54 Å². The van der Waals surface area contributed by atoms with Gasteiger partial charge in [-0.25, -0.2) is 4.79 Å². The molecule has 1 N–H and O–H groups in total. The van der Waals surface area contributed by atoms with Crippen molar-refractivity contribution < 1.29 is 0 Å². The molecule has 15 heavy (non-hydrogen) atoms. The number of benzene rings is 1. The average molecular weight is 204 g/mol. The maximum absolute atomic E-state index is 11.8. The van der Waals surface area contributed by atoms with Crippen LogP contribution in [0.1, 0.15) is 26.3 Å². The molecule has 2 rings (SSSR count). The van der Waals surface area contributed by atoms with Gasteiger partial charge in [0.15, 0.2) is 0 Å². The molecule has 0 fully saturated rings. The Morgan fingerprint density at radius 1 is 1.27 bits per heavy atom. The van der Waals surface area contributed by atoms with Crippen molar-refractivity contribution in [3.05, 3.63) is 34.2 Å². The number of para-hydroxylation sites is 1. The zero-order valence-corrected chi connectivity index (χ0v) is 9.59. The van der Waals surface area contributed by atoms with E-state index in [2.05, 4.69) is 4.98 Å². The highest BCUT2D eigenvalue weighted by atomic mass is 16.1. The van der Waals surface area contributed by atoms with Gasteiger partial charge in [-0.15, -0.1) is 0 Å². The topological polar surface area (TPSA) is 37.8 Å². The molecule has 0 aliphatic carbocycles. The summed E-state index contributed by atoms with van der Waals surface area (Å²) in [5.74, 6) is 0. The molecule has 1 aromatic carbocycles. The van der Waals surface area contributed by atoms with Gasteiger partial charge >= 0.3 is 5.69 Å². The Hall–Kier alpha value is -1.51. The lowest BCUT2D eigenvalue weighted by Crippen LogP contribution is -2.31. The molecule has 0 atom stereocenters. The molecule has 0 aliphatic heterocycles. The van der Waals surface area contributed by atoms with E-state index in [4.69, 9.17) is 0 Å². The minimum Gasteiger partial charge on any atom is -0.306 e. The van der Waals surface area contributed by atoms with Crippen molar-refractivity contribution in [3.63, 3.8) is 0 Å². The lowest BCUT2D eigenvalue weighted by atomic mass is 10.1. The molecule has 3 nitrogen and oxygen atoms in total. The van der Waals surface area contributed by atoms with Crippen LogP contribution in [0.4, 0.5) is 0 Å². The Bertz CT molecular complexity index is 555. The second-order valence-electron chi connectivity index (χ2n) is 4.91. The summed E-state index contributed by atoms with van der Waals surface area (Å²) in [7, 11) is 0. The highest BCUT2D eigenvalue weighted by molar-refractivity contribution is 5.79. The molecule has 1 heterocycles. The van der Waals surface area contributed by atoms with Crippen molar-refractivity contribution in [2.75, 3.05) is 0 Å². The van der Waals surface area contributed by atoms with Gasteiger partial charge in [0.05, 0.1) is 11.0 Å². The van der Waals surface area contributed by atoms with Gasteiger partial charge < -0.3 is 4.98 Å². The number of aryl methyl sites for hydroxylation is 1. The molecule has 0 aliphatic rings. The maximum Gasteiger partial charge on any atom is 0.326 e. The summed E-state index contributed by atoms with van der Waals surface area (Å²) in [4.78, 5) is 14.7. The lowest BCUT2D eigenvalue weighted by molar-refractivity contribution is 0.397. The molecule has 80 valence electrons. The third-order valence-corrected chi connectivity index (χ3v) is 2.58. The highest BCUT2D eigenvalue weighted by Crippen LogP contribution is 2.21. The van der Waals surface area contributed by atoms with Crippen molar-refractivity contribution in [1.82, 2.24) is 9.55 Å². The lowest BCUT2D eigenvalue weighted by Gasteiger charge is -2.21. The van der Waals surface area contributed by atoms with Gasteiger partial charge in [0.1, 0.15) is 0 Å². The number of nitrogens with one attached hydrogen (secondary N) is 1. The molecule has 0 spiro atoms. The summed E-state index contributed by atoms with van der Waals surface area (Å²) in [5.41, 5.74) is 2.82. The molecule has 0 unspecified atom stereocenters. The van der Waals surface area contributed by atoms with Crippen LogP contribution in [0.15, 0.2) is 23.0 Å². The minimum atomic E-state index is -0.193. The van der Waals surface area contributed by atoms with Crippen LogP contribution in [0.3, 0.4) is 0 Å². The quantitative estimate of drug-likeness (QED) is 0.703. The molecule has 0 amide bonds. The van der Waals surface area contributed by atoms with Crippen LogP contribution in [0, 0.1) is 6.92 Å². The monoisotopic (exact) mass is 204 g/mol. The van der Waals surface area contributed by atoms with Crippen LogP contribution in [0.2, 0.25) is 0 Å². The summed E-state index contributed by atoms with van der Waals surface area (Å²) >= 11 is 0. The van der Waals surface area contributed by atoms with Crippen LogP contribution < -0.4 is 5.69 Å². The van der Waals surface area contributed by atoms with E-state index in [1.165, 1.54) is 0 Å². The standard InChI is InChI=1S/C12H16N2O/c1-8-6-5-7-9-10(8)14(11(15)13-9)12(2,3)4/h5-7H,1-4H3,(H,13,15). The molecule has 0 saturated carbocycles. The Morgan fingerprint density at radius 2 is 1.93 bits per heavy atom. The smallest absolute Gasteiger partial charge is 0.306 e. The summed E-state index contributed by atoms with van der Waals surface area (Å²) in [5, 5.41) is 0. The normalized spacial score (nSPS) is 12.3. The fourth-order valence-electron chi connectivity index (χ4n) is 1.97. The molecule has 0 saturated heterocycles. The second kappa shape index (κ2) is 2.99. The third-order valence-electron chi connectivity index (χ3n) is 2.58. The summed E-state index contributed by atoms with van der Waals surface area (Å²) in [6.45, 7) is 8.13. The fourth-order valence-corrected chi connectivity index (χ4v) is 1.97. The minimum absolute atomic E-state index is 0.0354. The molecule has 2 aromatic rings. The van der Waals surface area contributed by atoms with E-state index in [0.29, 0.717) is 0 Å². The number of fused-ring (bicyclic) bond motifs is 1. The first-order chi connectivity index (χ1) is 6.91. The molecule has 3 heteroatoms. The zero-order valence-electron chi connectivity index (χ0n) is 9.59. The van der Waals surface area contributed by atoms with Gasteiger partial charge in [-0.3, -0.25) is 4.57 Å². The van der Waals surface area contributed by atoms with Crippen molar-refractivity contribution in [2.24, 2.45) is 0 Å². The Kier molecular flexibility index (Phi) is 2.00. The largest absolute Gasteiger partial charge is 0.326 e. The Labute approximate surface area is 88.7 Å². The van der Waals surface area contributed by atoms with Crippen LogP contribution in [0.25, 0.3) is 11.0 Å². The zero-order chi connectivity index (χ0) is 11.2. The van der Waals surface area contributed by atoms with E-state index in [-0.39, 0.29) is 11.2 Å². The molecular weight excluding hydrogens is 188 g/mol. The number of aromatic nitrogens is 2. The number of rotatable bonds is 0. The number of aromatic amines is 1. The number of nitrogens with zero attached hydrogens (tertiary/aromatic N) is 1. The summed E-state index contributed by atoms with van der Waals surface area (Å²) < 4.78 is 1.82. The second-order valence-corrected chi connectivity index (χ2v) is 4.91. The first-order valence-corrected chi connectivity index (χ1v) is 5.12. The van der Waals surface area contributed by atoms with Crippen molar-refractivity contribution >= 4 is 11.0 Å². The van der Waals surface area contributed by atoms with Gasteiger partial charge in [-0.2, -0.15) is 0 Å². The van der Waals surface area contributed by atoms with Crippen molar-refractivity contribution in [2.45, 2.75) is 33.2 Å². The highest BCUT2D eigenvalue weighted by Gasteiger charge is 2.19. The number of hydrogen-bond acceptors (Lipinski definition) is 1. The summed E-state index contributed by atoms with van der Waals surface area (Å²) in [6, 6.07) is 5.92. The fraction of sp³-hybridized carbons (Fsp3) is 0.417. The molecular formula is C12H16N2O. The predicted molar refractivity (Wildman–Crippen MR) is 62.3 cm³/mol. The van der Waals surface area contributed by atoms with Gasteiger partial charge in [-0.1, -0.05) is 12.1 Å². The Morgan fingerprint density at radius 3 is 2.53 bits per heavy atom. The molecule has 1 aromatic heterocycles. The van der Waals surface area contributed by atoms with E-state index < -0.39 is 0 Å². The van der Waals surface area contributed by atoms with Crippen molar-refractivity contribution in [1.29, 1.82) is 0 Å². The summed E-state index contributed by atoms with van der Waals surface area (Å²) in [6.07, 6.45) is 0. The van der Waals surface area contributed by atoms with Crippen LogP contribution in [-0.4, -0.2) is 9.55 Å². The average Bonchev–Trinajstić information content (AvgIpc) is 2.41. The maximum atomic E-state index is 11.8. The van der Waals surface area contributed by atoms with Gasteiger partial charge in [-0.05, 0) is 39.3 Å². The number of hydrogen-bond donors (Lipinski definition) is 1. The predicted octanol–water partition coefficient (Wildman–Crippen LogP) is 2.39. The van der Waals surface area contributed by atoms with E-state index in [0.717, 1.165) is 16.6 Å². The van der Waals surface area contributed by atoms with E-state index in [1.807, 2.05) is 50.5 Å². The molecule has 0 radical (unpaired) electrons.